The fourth-order valence-electron chi connectivity index (χ4n) is 5.92. The van der Waals surface area contributed by atoms with E-state index in [4.69, 9.17) is 4.74 Å². The summed E-state index contributed by atoms with van der Waals surface area (Å²) in [5, 5.41) is 33.9. The second-order valence-corrected chi connectivity index (χ2v) is 11.3. The minimum Gasteiger partial charge on any atom is -0.387 e. The summed E-state index contributed by atoms with van der Waals surface area (Å²) in [5.41, 5.74) is 2.76. The predicted molar refractivity (Wildman–Crippen MR) is 167 cm³/mol. The third-order valence-corrected chi connectivity index (χ3v) is 8.30. The molecule has 0 saturated carbocycles. The molecule has 2 aliphatic rings. The van der Waals surface area contributed by atoms with Crippen LogP contribution < -0.4 is 21.3 Å². The van der Waals surface area contributed by atoms with Gasteiger partial charge >= 0.3 is 0 Å². The first-order valence-electron chi connectivity index (χ1n) is 15.3. The smallest absolute Gasteiger partial charge is 0.289 e. The first-order chi connectivity index (χ1) is 21.9. The molecule has 0 radical (unpaired) electrons. The van der Waals surface area contributed by atoms with Crippen molar-refractivity contribution in [3.05, 3.63) is 83.9 Å². The van der Waals surface area contributed by atoms with Gasteiger partial charge < -0.3 is 36.2 Å². The number of nitrogens with one attached hydrogen (secondary N) is 4. The van der Waals surface area contributed by atoms with E-state index in [0.29, 0.717) is 24.4 Å². The van der Waals surface area contributed by atoms with E-state index in [9.17, 15) is 19.8 Å². The van der Waals surface area contributed by atoms with Gasteiger partial charge in [-0.25, -0.2) is 15.0 Å². The molecular weight excluding hydrogens is 576 g/mol. The number of benzene rings is 2. The molecule has 4 aromatic rings. The van der Waals surface area contributed by atoms with E-state index in [0.717, 1.165) is 37.1 Å². The number of aliphatic hydroxyl groups excluding tert-OH is 2. The van der Waals surface area contributed by atoms with Crippen LogP contribution >= 0.6 is 0 Å². The number of aliphatic hydroxyl groups is 2. The Kier molecular flexibility index (Phi) is 9.31. The molecule has 2 aromatic heterocycles. The van der Waals surface area contributed by atoms with E-state index < -0.39 is 36.4 Å². The fourth-order valence-corrected chi connectivity index (χ4v) is 5.92. The molecule has 6 rings (SSSR count). The van der Waals surface area contributed by atoms with Crippen LogP contribution in [0, 0.1) is 0 Å². The third kappa shape index (κ3) is 6.52. The largest absolute Gasteiger partial charge is 0.387 e. The van der Waals surface area contributed by atoms with Gasteiger partial charge in [0.05, 0.1) is 6.33 Å². The van der Waals surface area contributed by atoms with Gasteiger partial charge in [0.15, 0.2) is 29.3 Å². The molecule has 2 fully saturated rings. The Hall–Kier alpha value is -4.43. The summed E-state index contributed by atoms with van der Waals surface area (Å²) >= 11 is 0. The van der Waals surface area contributed by atoms with Gasteiger partial charge in [-0.3, -0.25) is 14.2 Å². The van der Waals surface area contributed by atoms with Crippen molar-refractivity contribution in [2.24, 2.45) is 0 Å². The molecular formula is C32H38N8O5. The number of amides is 2. The normalized spacial score (nSPS) is 22.0. The molecule has 0 bridgehead atoms. The van der Waals surface area contributed by atoms with Gasteiger partial charge in [-0.1, -0.05) is 60.7 Å². The number of carbonyl (C=O) groups excluding carboxylic acids is 2. The molecule has 0 unspecified atom stereocenters. The van der Waals surface area contributed by atoms with Gasteiger partial charge in [-0.05, 0) is 44.0 Å². The van der Waals surface area contributed by atoms with Crippen LogP contribution in [-0.2, 0) is 9.53 Å². The van der Waals surface area contributed by atoms with Crippen molar-refractivity contribution in [3.63, 3.8) is 0 Å². The zero-order valence-corrected chi connectivity index (χ0v) is 25.0. The maximum atomic E-state index is 13.5. The van der Waals surface area contributed by atoms with E-state index >= 15 is 0 Å². The first-order valence-corrected chi connectivity index (χ1v) is 15.3. The third-order valence-electron chi connectivity index (χ3n) is 8.30. The number of hydrogen-bond donors (Lipinski definition) is 6. The van der Waals surface area contributed by atoms with E-state index in [1.54, 1.807) is 6.92 Å². The molecule has 6 N–H and O–H groups in total. The summed E-state index contributed by atoms with van der Waals surface area (Å²) in [6.45, 7) is 4.12. The number of nitrogens with zero attached hydrogens (tertiary/aromatic N) is 4. The van der Waals surface area contributed by atoms with E-state index in [1.807, 2.05) is 36.4 Å². The van der Waals surface area contributed by atoms with Gasteiger partial charge in [0.1, 0.15) is 12.2 Å². The summed E-state index contributed by atoms with van der Waals surface area (Å²) in [5.74, 6) is -0.758. The quantitative estimate of drug-likeness (QED) is 0.153. The Morgan fingerprint density at radius 2 is 1.67 bits per heavy atom. The van der Waals surface area contributed by atoms with Crippen LogP contribution in [0.2, 0.25) is 0 Å². The zero-order chi connectivity index (χ0) is 31.3. The highest BCUT2D eigenvalue weighted by Crippen LogP contribution is 2.33. The van der Waals surface area contributed by atoms with E-state index in [2.05, 4.69) is 60.5 Å². The lowest BCUT2D eigenvalue weighted by atomic mass is 9.91. The van der Waals surface area contributed by atoms with Crippen LogP contribution in [0.25, 0.3) is 11.2 Å². The van der Waals surface area contributed by atoms with Gasteiger partial charge in [0.2, 0.25) is 5.82 Å². The van der Waals surface area contributed by atoms with Crippen LogP contribution in [0.5, 0.6) is 0 Å². The molecule has 236 valence electrons. The highest BCUT2D eigenvalue weighted by atomic mass is 16.6. The maximum absolute atomic E-state index is 13.5. The average Bonchev–Trinajstić information content (AvgIpc) is 3.62. The minimum atomic E-state index is -1.47. The number of aromatic nitrogens is 4. The van der Waals surface area contributed by atoms with Gasteiger partial charge in [-0.2, -0.15) is 0 Å². The number of piperidine rings is 1. The molecule has 0 spiro atoms. The SMILES string of the molecule is CCNC(=O)[C@H]1O[C@@H](n2cnc3c(NCC(c4ccccc4)c4ccccc4)nc(C(=O)NC4CCNCC4)nc32)[C@@H](O)[C@@H]1O. The number of hydrogen-bond acceptors (Lipinski definition) is 10. The Morgan fingerprint density at radius 3 is 2.31 bits per heavy atom. The van der Waals surface area contributed by atoms with Crippen molar-refractivity contribution < 1.29 is 24.5 Å². The highest BCUT2D eigenvalue weighted by Gasteiger charge is 2.47. The summed E-state index contributed by atoms with van der Waals surface area (Å²) in [6.07, 6.45) is -2.41. The summed E-state index contributed by atoms with van der Waals surface area (Å²) in [6, 6.07) is 20.2. The Balaban J connectivity index is 1.36. The van der Waals surface area contributed by atoms with E-state index in [-0.39, 0.29) is 23.4 Å². The molecule has 2 saturated heterocycles. The number of carbonyl (C=O) groups is 2. The van der Waals surface area contributed by atoms with Gasteiger partial charge in [-0.15, -0.1) is 0 Å². The van der Waals surface area contributed by atoms with Crippen LogP contribution in [0.1, 0.15) is 53.7 Å². The molecule has 2 aromatic carbocycles. The first kappa shape index (κ1) is 30.6. The highest BCUT2D eigenvalue weighted by molar-refractivity contribution is 5.94. The Bertz CT molecular complexity index is 1570. The topological polar surface area (TPSA) is 176 Å². The van der Waals surface area contributed by atoms with Crippen molar-refractivity contribution in [1.29, 1.82) is 0 Å². The molecule has 4 atom stereocenters. The van der Waals surface area contributed by atoms with Crippen molar-refractivity contribution in [2.45, 2.75) is 56.3 Å². The molecule has 2 amide bonds. The van der Waals surface area contributed by atoms with Crippen molar-refractivity contribution in [2.75, 3.05) is 31.5 Å². The Labute approximate surface area is 260 Å². The average molecular weight is 615 g/mol. The van der Waals surface area contributed by atoms with Crippen LogP contribution in [0.4, 0.5) is 5.82 Å². The molecule has 45 heavy (non-hydrogen) atoms. The van der Waals surface area contributed by atoms with E-state index in [1.165, 1.54) is 10.9 Å². The van der Waals surface area contributed by atoms with Crippen molar-refractivity contribution in [1.82, 2.24) is 35.5 Å². The number of rotatable bonds is 10. The van der Waals surface area contributed by atoms with Crippen molar-refractivity contribution >= 4 is 28.8 Å². The van der Waals surface area contributed by atoms with Crippen molar-refractivity contribution in [3.8, 4) is 0 Å². The summed E-state index contributed by atoms with van der Waals surface area (Å²) in [4.78, 5) is 39.7. The molecule has 13 heteroatoms. The minimum absolute atomic E-state index is 0.0205. The molecule has 2 aliphatic heterocycles. The lowest BCUT2D eigenvalue weighted by Crippen LogP contribution is -2.43. The number of fused-ring (bicyclic) bond motifs is 1. The molecule has 4 heterocycles. The second-order valence-electron chi connectivity index (χ2n) is 11.3. The number of likely N-dealkylation sites (N-methyl/N-ethyl adjacent to an activating group) is 1. The second kappa shape index (κ2) is 13.7. The van der Waals surface area contributed by atoms with Crippen LogP contribution in [-0.4, -0.2) is 92.1 Å². The summed E-state index contributed by atoms with van der Waals surface area (Å²) < 4.78 is 7.28. The fraction of sp³-hybridized carbons (Fsp3) is 0.406. The maximum Gasteiger partial charge on any atom is 0.289 e. The lowest BCUT2D eigenvalue weighted by Gasteiger charge is -2.23. The van der Waals surface area contributed by atoms with Gasteiger partial charge in [0.25, 0.3) is 11.8 Å². The molecule has 0 aliphatic carbocycles. The Morgan fingerprint density at radius 1 is 1.00 bits per heavy atom. The zero-order valence-electron chi connectivity index (χ0n) is 25.0. The van der Waals surface area contributed by atoms with Crippen LogP contribution in [0.15, 0.2) is 67.0 Å². The number of anilines is 1. The number of ether oxygens (including phenoxy) is 1. The van der Waals surface area contributed by atoms with Gasteiger partial charge in [0, 0.05) is 25.0 Å². The predicted octanol–water partition coefficient (Wildman–Crippen LogP) is 1.31. The lowest BCUT2D eigenvalue weighted by molar-refractivity contribution is -0.137. The molecule has 13 nitrogen and oxygen atoms in total. The van der Waals surface area contributed by atoms with Crippen LogP contribution in [0.3, 0.4) is 0 Å². The number of imidazole rings is 1. The monoisotopic (exact) mass is 614 g/mol. The summed E-state index contributed by atoms with van der Waals surface area (Å²) in [7, 11) is 0. The standard InChI is InChI=1S/C32H38N8O5/c1-2-34-30(43)26-24(41)25(42)32(45-26)40-18-36-23-27(38-28(39-29(23)40)31(44)37-21-13-15-33-16-14-21)35-17-22(19-9-5-3-6-10-19)20-11-7-4-8-12-20/h3-12,18,21-22,24-26,32-33,41-42H,2,13-17H2,1H3,(H,34,43)(H,37,44)(H,35,38,39)/t24-,25-,26-,32+/m0/s1.